The van der Waals surface area contributed by atoms with Crippen molar-refractivity contribution in [1.29, 1.82) is 0 Å². The van der Waals surface area contributed by atoms with E-state index in [1.54, 1.807) is 0 Å². The second-order valence-corrected chi connectivity index (χ2v) is 7.17. The van der Waals surface area contributed by atoms with Crippen LogP contribution in [0.1, 0.15) is 58.4 Å². The highest BCUT2D eigenvalue weighted by molar-refractivity contribution is 5.35. The number of fused-ring (bicyclic) bond motifs is 2. The molecule has 2 aliphatic carbocycles. The van der Waals surface area contributed by atoms with Crippen molar-refractivity contribution < 1.29 is 5.11 Å². The molecule has 110 valence electrons. The first-order valence-electron chi connectivity index (χ1n) is 8.42. The lowest BCUT2D eigenvalue weighted by Crippen LogP contribution is -2.39. The second-order valence-electron chi connectivity index (χ2n) is 7.17. The number of phenols is 1. The molecule has 1 nitrogen and oxygen atoms in total. The van der Waals surface area contributed by atoms with Crippen molar-refractivity contribution in [2.45, 2.75) is 58.3 Å². The molecule has 1 heteroatoms. The highest BCUT2D eigenvalue weighted by atomic mass is 16.3. The lowest BCUT2D eigenvalue weighted by Gasteiger charge is -2.44. The molecule has 2 aliphatic rings. The van der Waals surface area contributed by atoms with Gasteiger partial charge >= 0.3 is 0 Å². The normalized spacial score (nSPS) is 39.4. The molecule has 0 radical (unpaired) electrons. The van der Waals surface area contributed by atoms with Gasteiger partial charge in [-0.15, -0.1) is 0 Å². The Morgan fingerprint density at radius 2 is 1.90 bits per heavy atom. The first-order chi connectivity index (χ1) is 9.62. The maximum Gasteiger partial charge on any atom is 0.115 e. The molecule has 1 aromatic carbocycles. The molecule has 2 saturated carbocycles. The average molecular weight is 272 g/mol. The summed E-state index contributed by atoms with van der Waals surface area (Å²) in [6.07, 6.45) is 6.78. The molecule has 0 heterocycles. The Morgan fingerprint density at radius 3 is 2.45 bits per heavy atom. The molecule has 20 heavy (non-hydrogen) atoms. The molecule has 0 aliphatic heterocycles. The minimum atomic E-state index is 0.377. The minimum Gasteiger partial charge on any atom is -0.508 e. The van der Waals surface area contributed by atoms with E-state index >= 15 is 0 Å². The monoisotopic (exact) mass is 272 g/mol. The smallest absolute Gasteiger partial charge is 0.115 e. The van der Waals surface area contributed by atoms with Crippen LogP contribution in [-0.2, 0) is 5.41 Å². The van der Waals surface area contributed by atoms with Gasteiger partial charge in [0.05, 0.1) is 0 Å². The number of hydrogen-bond acceptors (Lipinski definition) is 1. The fourth-order valence-electron chi connectivity index (χ4n) is 5.59. The predicted octanol–water partition coefficient (Wildman–Crippen LogP) is 5.13. The summed E-state index contributed by atoms with van der Waals surface area (Å²) in [5, 5.41) is 9.55. The van der Waals surface area contributed by atoms with Crippen LogP contribution in [0.4, 0.5) is 0 Å². The van der Waals surface area contributed by atoms with Gasteiger partial charge < -0.3 is 5.11 Å². The van der Waals surface area contributed by atoms with Crippen LogP contribution < -0.4 is 0 Å². The maximum atomic E-state index is 9.55. The van der Waals surface area contributed by atoms with Crippen LogP contribution in [0.3, 0.4) is 0 Å². The van der Waals surface area contributed by atoms with Crippen molar-refractivity contribution in [3.63, 3.8) is 0 Å². The Hall–Kier alpha value is -0.980. The van der Waals surface area contributed by atoms with Gasteiger partial charge in [0.25, 0.3) is 0 Å². The Kier molecular flexibility index (Phi) is 3.56. The standard InChI is InChI=1S/C19H28O/c1-4-6-17-13(3)18-11-14(17)12-19(18,5-2)15-7-9-16(20)10-8-15/h7-10,13-14,17-18,20H,4-6,11-12H2,1-3H3. The van der Waals surface area contributed by atoms with Gasteiger partial charge in [-0.05, 0) is 66.0 Å². The van der Waals surface area contributed by atoms with Gasteiger partial charge in [0, 0.05) is 0 Å². The van der Waals surface area contributed by atoms with Crippen LogP contribution in [0, 0.1) is 23.7 Å². The highest BCUT2D eigenvalue weighted by Crippen LogP contribution is 2.63. The maximum absolute atomic E-state index is 9.55. The van der Waals surface area contributed by atoms with E-state index in [1.165, 1.54) is 37.7 Å². The molecule has 0 amide bonds. The van der Waals surface area contributed by atoms with Crippen LogP contribution in [0.25, 0.3) is 0 Å². The van der Waals surface area contributed by atoms with Gasteiger partial charge in [0.1, 0.15) is 5.75 Å². The van der Waals surface area contributed by atoms with Gasteiger partial charge in [0.2, 0.25) is 0 Å². The summed E-state index contributed by atoms with van der Waals surface area (Å²) >= 11 is 0. The molecular formula is C19H28O. The van der Waals surface area contributed by atoms with Crippen molar-refractivity contribution in [2.75, 3.05) is 0 Å². The summed E-state index contributed by atoms with van der Waals surface area (Å²) in [5.41, 5.74) is 1.84. The lowest BCUT2D eigenvalue weighted by molar-refractivity contribution is 0.130. The Bertz CT molecular complexity index is 461. The third-order valence-electron chi connectivity index (χ3n) is 6.50. The molecular weight excluding hydrogens is 244 g/mol. The summed E-state index contributed by atoms with van der Waals surface area (Å²) in [7, 11) is 0. The summed E-state index contributed by atoms with van der Waals surface area (Å²) in [5.74, 6) is 3.99. The molecule has 0 saturated heterocycles. The molecule has 1 aromatic rings. The third-order valence-corrected chi connectivity index (χ3v) is 6.50. The SMILES string of the molecule is CCCC1C2CC(C1C)C(CC)(c1ccc(O)cc1)C2. The zero-order valence-electron chi connectivity index (χ0n) is 13.1. The summed E-state index contributed by atoms with van der Waals surface area (Å²) in [6, 6.07) is 8.07. The highest BCUT2D eigenvalue weighted by Gasteiger charge is 2.57. The van der Waals surface area contributed by atoms with Gasteiger partial charge in [-0.25, -0.2) is 0 Å². The molecule has 1 N–H and O–H groups in total. The predicted molar refractivity (Wildman–Crippen MR) is 83.9 cm³/mol. The average Bonchev–Trinajstić information content (AvgIpc) is 2.98. The van der Waals surface area contributed by atoms with Crippen molar-refractivity contribution in [3.8, 4) is 5.75 Å². The van der Waals surface area contributed by atoms with Gasteiger partial charge in [-0.1, -0.05) is 45.7 Å². The Labute approximate surface area is 123 Å². The zero-order valence-corrected chi connectivity index (χ0v) is 13.1. The summed E-state index contributed by atoms with van der Waals surface area (Å²) < 4.78 is 0. The Balaban J connectivity index is 1.91. The Morgan fingerprint density at radius 1 is 1.20 bits per heavy atom. The quantitative estimate of drug-likeness (QED) is 0.805. The number of rotatable bonds is 4. The fraction of sp³-hybridized carbons (Fsp3) is 0.684. The van der Waals surface area contributed by atoms with Crippen molar-refractivity contribution in [3.05, 3.63) is 29.8 Å². The summed E-state index contributed by atoms with van der Waals surface area (Å²) in [6.45, 7) is 7.18. The third kappa shape index (κ3) is 1.89. The van der Waals surface area contributed by atoms with E-state index in [4.69, 9.17) is 0 Å². The molecule has 2 fully saturated rings. The van der Waals surface area contributed by atoms with E-state index in [9.17, 15) is 5.11 Å². The van der Waals surface area contributed by atoms with E-state index in [1.807, 2.05) is 12.1 Å². The molecule has 0 spiro atoms. The van der Waals surface area contributed by atoms with Crippen molar-refractivity contribution >= 4 is 0 Å². The number of benzene rings is 1. The van der Waals surface area contributed by atoms with Crippen LogP contribution in [0.15, 0.2) is 24.3 Å². The molecule has 5 unspecified atom stereocenters. The topological polar surface area (TPSA) is 20.2 Å². The first-order valence-corrected chi connectivity index (χ1v) is 8.42. The molecule has 0 aromatic heterocycles. The van der Waals surface area contributed by atoms with Gasteiger partial charge in [-0.3, -0.25) is 0 Å². The molecule has 3 rings (SSSR count). The van der Waals surface area contributed by atoms with Crippen LogP contribution >= 0.6 is 0 Å². The fourth-order valence-corrected chi connectivity index (χ4v) is 5.59. The van der Waals surface area contributed by atoms with E-state index in [0.29, 0.717) is 11.2 Å². The number of aromatic hydroxyl groups is 1. The summed E-state index contributed by atoms with van der Waals surface area (Å²) in [4.78, 5) is 0. The largest absolute Gasteiger partial charge is 0.508 e. The first kappa shape index (κ1) is 14.0. The lowest BCUT2D eigenvalue weighted by atomic mass is 9.60. The molecule has 2 bridgehead atoms. The van der Waals surface area contributed by atoms with Gasteiger partial charge in [0.15, 0.2) is 0 Å². The van der Waals surface area contributed by atoms with Crippen LogP contribution in [-0.4, -0.2) is 5.11 Å². The number of phenolic OH excluding ortho intramolecular Hbond substituents is 1. The second kappa shape index (κ2) is 5.09. The van der Waals surface area contributed by atoms with Crippen LogP contribution in [0.5, 0.6) is 5.75 Å². The van der Waals surface area contributed by atoms with E-state index in [-0.39, 0.29) is 0 Å². The van der Waals surface area contributed by atoms with Crippen molar-refractivity contribution in [2.24, 2.45) is 23.7 Å². The van der Waals surface area contributed by atoms with E-state index < -0.39 is 0 Å². The van der Waals surface area contributed by atoms with Crippen LogP contribution in [0.2, 0.25) is 0 Å². The molecule has 5 atom stereocenters. The van der Waals surface area contributed by atoms with E-state index in [0.717, 1.165) is 23.7 Å². The zero-order chi connectivity index (χ0) is 14.3. The van der Waals surface area contributed by atoms with E-state index in [2.05, 4.69) is 32.9 Å². The van der Waals surface area contributed by atoms with Crippen molar-refractivity contribution in [1.82, 2.24) is 0 Å². The minimum absolute atomic E-state index is 0.377. The number of hydrogen-bond donors (Lipinski definition) is 1. The van der Waals surface area contributed by atoms with Gasteiger partial charge in [-0.2, -0.15) is 0 Å².